The number of nitrogens with zero attached hydrogens (tertiary/aromatic N) is 1. The lowest BCUT2D eigenvalue weighted by Crippen LogP contribution is -2.10. The third-order valence-electron chi connectivity index (χ3n) is 3.53. The topological polar surface area (TPSA) is 50.4 Å². The number of rotatable bonds is 5. The van der Waals surface area contributed by atoms with Crippen LogP contribution in [-0.4, -0.2) is 5.71 Å². The van der Waals surface area contributed by atoms with Crippen LogP contribution >= 0.6 is 11.6 Å². The van der Waals surface area contributed by atoms with E-state index in [1.165, 1.54) is 12.1 Å². The van der Waals surface area contributed by atoms with Crippen molar-refractivity contribution < 1.29 is 4.39 Å². The van der Waals surface area contributed by atoms with E-state index < -0.39 is 0 Å². The molecule has 2 aromatic carbocycles. The van der Waals surface area contributed by atoms with Crippen molar-refractivity contribution in [2.24, 2.45) is 10.8 Å². The molecule has 0 saturated carbocycles. The van der Waals surface area contributed by atoms with E-state index >= 15 is 0 Å². The Hall–Kier alpha value is -2.33. The summed E-state index contributed by atoms with van der Waals surface area (Å²) in [6.45, 7) is 3.80. The summed E-state index contributed by atoms with van der Waals surface area (Å²) < 4.78 is 12.9. The van der Waals surface area contributed by atoms with Crippen LogP contribution in [0.5, 0.6) is 0 Å². The van der Waals surface area contributed by atoms with Crippen LogP contribution in [0.15, 0.2) is 64.9 Å². The van der Waals surface area contributed by atoms with E-state index in [4.69, 9.17) is 17.3 Å². The molecule has 0 spiro atoms. The summed E-state index contributed by atoms with van der Waals surface area (Å²) in [5, 5.41) is 4.99. The summed E-state index contributed by atoms with van der Waals surface area (Å²) in [5.41, 5.74) is 13.3. The Morgan fingerprint density at radius 3 is 2.30 bits per heavy atom. The normalized spacial score (nSPS) is 12.8. The average Bonchev–Trinajstić information content (AvgIpc) is 2.55. The van der Waals surface area contributed by atoms with Gasteiger partial charge < -0.3 is 5.73 Å². The van der Waals surface area contributed by atoms with Gasteiger partial charge in [-0.05, 0) is 61.4 Å². The molecule has 0 unspecified atom stereocenters. The van der Waals surface area contributed by atoms with Crippen LogP contribution in [0.25, 0.3) is 0 Å². The first-order chi connectivity index (χ1) is 11.0. The SMILES string of the molecule is CC(=NNc1ccc(F)cc1)C(C)=C(N)Cc1ccc(Cl)cc1. The van der Waals surface area contributed by atoms with Gasteiger partial charge in [0.25, 0.3) is 0 Å². The Morgan fingerprint density at radius 2 is 1.70 bits per heavy atom. The van der Waals surface area contributed by atoms with Gasteiger partial charge in [-0.3, -0.25) is 5.43 Å². The fourth-order valence-corrected chi connectivity index (χ4v) is 2.07. The molecule has 0 radical (unpaired) electrons. The van der Waals surface area contributed by atoms with Crippen LogP contribution < -0.4 is 11.2 Å². The van der Waals surface area contributed by atoms with Crippen molar-refractivity contribution in [1.29, 1.82) is 0 Å². The van der Waals surface area contributed by atoms with Gasteiger partial charge in [-0.1, -0.05) is 23.7 Å². The molecule has 0 aliphatic carbocycles. The van der Waals surface area contributed by atoms with Gasteiger partial charge in [-0.15, -0.1) is 0 Å². The zero-order valence-electron chi connectivity index (χ0n) is 13.1. The minimum atomic E-state index is -0.278. The molecule has 3 N–H and O–H groups in total. The van der Waals surface area contributed by atoms with Gasteiger partial charge in [-0.2, -0.15) is 5.10 Å². The monoisotopic (exact) mass is 331 g/mol. The number of nitrogens with one attached hydrogen (secondary N) is 1. The molecule has 3 nitrogen and oxygen atoms in total. The number of nitrogens with two attached hydrogens (primary N) is 1. The zero-order chi connectivity index (χ0) is 16.8. The van der Waals surface area contributed by atoms with Crippen molar-refractivity contribution in [2.45, 2.75) is 20.3 Å². The van der Waals surface area contributed by atoms with Gasteiger partial charge in [0.1, 0.15) is 5.82 Å². The van der Waals surface area contributed by atoms with Crippen LogP contribution in [0.1, 0.15) is 19.4 Å². The van der Waals surface area contributed by atoms with Gasteiger partial charge in [0.2, 0.25) is 0 Å². The molecule has 5 heteroatoms. The molecule has 0 saturated heterocycles. The second-order valence-electron chi connectivity index (χ2n) is 5.27. The van der Waals surface area contributed by atoms with E-state index in [1.54, 1.807) is 12.1 Å². The highest BCUT2D eigenvalue weighted by Crippen LogP contribution is 2.14. The first-order valence-electron chi connectivity index (χ1n) is 7.21. The molecule has 2 aromatic rings. The van der Waals surface area contributed by atoms with Crippen LogP contribution in [0.2, 0.25) is 5.02 Å². The number of allylic oxidation sites excluding steroid dienone is 2. The van der Waals surface area contributed by atoms with Gasteiger partial charge in [-0.25, -0.2) is 4.39 Å². The Labute approximate surface area is 140 Å². The molecule has 2 rings (SSSR count). The Morgan fingerprint density at radius 1 is 1.09 bits per heavy atom. The molecule has 0 aromatic heterocycles. The van der Waals surface area contributed by atoms with Crippen molar-refractivity contribution in [3.05, 3.63) is 76.2 Å². The summed E-state index contributed by atoms with van der Waals surface area (Å²) in [4.78, 5) is 0. The largest absolute Gasteiger partial charge is 0.401 e. The highest BCUT2D eigenvalue weighted by molar-refractivity contribution is 6.30. The first kappa shape index (κ1) is 17.0. The first-order valence-corrected chi connectivity index (χ1v) is 7.59. The molecule has 0 atom stereocenters. The third kappa shape index (κ3) is 5.11. The van der Waals surface area contributed by atoms with Crippen molar-refractivity contribution in [2.75, 3.05) is 5.43 Å². The molecular formula is C18H19ClFN3. The van der Waals surface area contributed by atoms with Gasteiger partial charge in [0, 0.05) is 17.1 Å². The Balaban J connectivity index is 2.06. The third-order valence-corrected chi connectivity index (χ3v) is 3.78. The van der Waals surface area contributed by atoms with E-state index in [9.17, 15) is 4.39 Å². The summed E-state index contributed by atoms with van der Waals surface area (Å²) in [7, 11) is 0. The van der Waals surface area contributed by atoms with E-state index in [2.05, 4.69) is 10.5 Å². The predicted octanol–water partition coefficient (Wildman–Crippen LogP) is 4.74. The van der Waals surface area contributed by atoms with Gasteiger partial charge in [0.05, 0.1) is 11.4 Å². The molecular weight excluding hydrogens is 313 g/mol. The molecule has 0 amide bonds. The number of anilines is 1. The van der Waals surface area contributed by atoms with Crippen LogP contribution in [0.4, 0.5) is 10.1 Å². The van der Waals surface area contributed by atoms with Crippen LogP contribution in [0.3, 0.4) is 0 Å². The fourth-order valence-electron chi connectivity index (χ4n) is 1.94. The lowest BCUT2D eigenvalue weighted by atomic mass is 10.0. The fraction of sp³-hybridized carbons (Fsp3) is 0.167. The molecule has 0 aliphatic heterocycles. The number of halogens is 2. The maximum atomic E-state index is 12.9. The summed E-state index contributed by atoms with van der Waals surface area (Å²) in [5.74, 6) is -0.278. The minimum Gasteiger partial charge on any atom is -0.401 e. The second kappa shape index (κ2) is 7.79. The van der Waals surface area contributed by atoms with Crippen LogP contribution in [0, 0.1) is 5.82 Å². The van der Waals surface area contributed by atoms with Crippen molar-refractivity contribution in [3.63, 3.8) is 0 Å². The molecule has 0 fully saturated rings. The summed E-state index contributed by atoms with van der Waals surface area (Å²) >= 11 is 5.88. The molecule has 23 heavy (non-hydrogen) atoms. The highest BCUT2D eigenvalue weighted by Gasteiger charge is 2.04. The van der Waals surface area contributed by atoms with E-state index in [-0.39, 0.29) is 5.82 Å². The number of hydrazone groups is 1. The molecule has 0 heterocycles. The number of hydrogen-bond acceptors (Lipinski definition) is 3. The zero-order valence-corrected chi connectivity index (χ0v) is 13.9. The van der Waals surface area contributed by atoms with E-state index in [1.807, 2.05) is 38.1 Å². The molecule has 0 bridgehead atoms. The lowest BCUT2D eigenvalue weighted by molar-refractivity contribution is 0.628. The van der Waals surface area contributed by atoms with E-state index in [0.717, 1.165) is 28.2 Å². The highest BCUT2D eigenvalue weighted by atomic mass is 35.5. The molecule has 0 aliphatic rings. The second-order valence-corrected chi connectivity index (χ2v) is 5.71. The maximum Gasteiger partial charge on any atom is 0.123 e. The van der Waals surface area contributed by atoms with Gasteiger partial charge >= 0.3 is 0 Å². The summed E-state index contributed by atoms with van der Waals surface area (Å²) in [6.07, 6.45) is 0.631. The number of hydrogen-bond donors (Lipinski definition) is 2. The minimum absolute atomic E-state index is 0.278. The smallest absolute Gasteiger partial charge is 0.123 e. The average molecular weight is 332 g/mol. The Bertz CT molecular complexity index is 719. The van der Waals surface area contributed by atoms with Gasteiger partial charge in [0.15, 0.2) is 0 Å². The lowest BCUT2D eigenvalue weighted by Gasteiger charge is -2.09. The predicted molar refractivity (Wildman–Crippen MR) is 95.2 cm³/mol. The van der Waals surface area contributed by atoms with E-state index in [0.29, 0.717) is 11.4 Å². The quantitative estimate of drug-likeness (QED) is 0.614. The Kier molecular flexibility index (Phi) is 5.77. The van der Waals surface area contributed by atoms with Crippen molar-refractivity contribution in [1.82, 2.24) is 0 Å². The van der Waals surface area contributed by atoms with Crippen molar-refractivity contribution >= 4 is 23.0 Å². The molecule has 120 valence electrons. The number of benzene rings is 2. The standard InChI is InChI=1S/C18H19ClFN3/c1-12(18(21)11-14-3-5-15(19)6-4-14)13(2)22-23-17-9-7-16(20)8-10-17/h3-10,23H,11,21H2,1-2H3. The van der Waals surface area contributed by atoms with Crippen LogP contribution in [-0.2, 0) is 6.42 Å². The summed E-state index contributed by atoms with van der Waals surface area (Å²) in [6, 6.07) is 13.6. The van der Waals surface area contributed by atoms with Crippen molar-refractivity contribution in [3.8, 4) is 0 Å². The maximum absolute atomic E-state index is 12.9.